The van der Waals surface area contributed by atoms with Gasteiger partial charge >= 0.3 is 0 Å². The lowest BCUT2D eigenvalue weighted by Crippen LogP contribution is -2.57. The molecule has 4 rings (SSSR count). The number of amides is 2. The number of piperidine rings is 1. The van der Waals surface area contributed by atoms with Gasteiger partial charge < -0.3 is 15.1 Å². The van der Waals surface area contributed by atoms with Gasteiger partial charge in [-0.05, 0) is 49.2 Å². The predicted molar refractivity (Wildman–Crippen MR) is 110 cm³/mol. The number of nitrogens with one attached hydrogen (secondary N) is 1. The zero-order chi connectivity index (χ0) is 22.9. The zero-order valence-electron chi connectivity index (χ0n) is 17.2. The van der Waals surface area contributed by atoms with Crippen LogP contribution in [0.4, 0.5) is 18.9 Å². The molecule has 32 heavy (non-hydrogen) atoms. The number of Topliss-reactive ketones (excluding diaryl/α,β-unsaturated/α-hetero) is 1. The largest absolute Gasteiger partial charge is 0.342 e. The van der Waals surface area contributed by atoms with Crippen LogP contribution >= 0.6 is 0 Å². The van der Waals surface area contributed by atoms with Crippen molar-refractivity contribution in [2.45, 2.75) is 31.2 Å². The number of likely N-dealkylation sites (tertiary alicyclic amines) is 1. The van der Waals surface area contributed by atoms with Crippen LogP contribution in [0.25, 0.3) is 0 Å². The molecule has 168 valence electrons. The van der Waals surface area contributed by atoms with Gasteiger partial charge in [0.05, 0.1) is 6.67 Å². The summed E-state index contributed by atoms with van der Waals surface area (Å²) < 4.78 is 39.9. The van der Waals surface area contributed by atoms with E-state index < -0.39 is 23.0 Å². The van der Waals surface area contributed by atoms with Crippen LogP contribution < -0.4 is 10.2 Å². The number of rotatable bonds is 5. The van der Waals surface area contributed by atoms with Crippen LogP contribution in [-0.4, -0.2) is 47.8 Å². The Hall–Kier alpha value is -3.36. The summed E-state index contributed by atoms with van der Waals surface area (Å²) >= 11 is 0. The molecule has 1 N–H and O–H groups in total. The summed E-state index contributed by atoms with van der Waals surface area (Å²) in [6.45, 7) is 0.955. The van der Waals surface area contributed by atoms with Gasteiger partial charge in [-0.2, -0.15) is 0 Å². The smallest absolute Gasteiger partial charge is 0.247 e. The molecule has 2 heterocycles. The third-order valence-electron chi connectivity index (χ3n) is 6.17. The number of hydrogen-bond donors (Lipinski definition) is 1. The summed E-state index contributed by atoms with van der Waals surface area (Å²) in [6, 6.07) is 8.50. The summed E-state index contributed by atoms with van der Waals surface area (Å²) in [5, 5.41) is 2.84. The van der Waals surface area contributed by atoms with Crippen molar-refractivity contribution in [1.29, 1.82) is 0 Å². The molecule has 0 radical (unpaired) electrons. The SMILES string of the molecule is O=C(CCC(=O)N1CCC2(CC1)C(=O)NCN2c1ccc(F)cc1)c1cc(F)cc(F)c1. The monoisotopic (exact) mass is 445 g/mol. The molecule has 0 aliphatic carbocycles. The van der Waals surface area contributed by atoms with E-state index in [1.54, 1.807) is 17.0 Å². The molecule has 0 aromatic heterocycles. The minimum atomic E-state index is -0.846. The van der Waals surface area contributed by atoms with Crippen molar-refractivity contribution in [3.8, 4) is 0 Å². The second-order valence-electron chi connectivity index (χ2n) is 8.06. The third-order valence-corrected chi connectivity index (χ3v) is 6.17. The molecule has 2 aromatic rings. The summed E-state index contributed by atoms with van der Waals surface area (Å²) in [7, 11) is 0. The van der Waals surface area contributed by atoms with Crippen molar-refractivity contribution < 1.29 is 27.6 Å². The van der Waals surface area contributed by atoms with Gasteiger partial charge in [-0.15, -0.1) is 0 Å². The van der Waals surface area contributed by atoms with Gasteiger partial charge in [0.15, 0.2) is 5.78 Å². The van der Waals surface area contributed by atoms with Gasteiger partial charge in [0.2, 0.25) is 11.8 Å². The lowest BCUT2D eigenvalue weighted by Gasteiger charge is -2.43. The Morgan fingerprint density at radius 2 is 1.53 bits per heavy atom. The fourth-order valence-electron chi connectivity index (χ4n) is 4.41. The van der Waals surface area contributed by atoms with E-state index in [-0.39, 0.29) is 36.0 Å². The molecule has 2 aliphatic rings. The van der Waals surface area contributed by atoms with Crippen molar-refractivity contribution in [2.75, 3.05) is 24.7 Å². The van der Waals surface area contributed by atoms with Crippen molar-refractivity contribution in [3.05, 3.63) is 65.5 Å². The minimum Gasteiger partial charge on any atom is -0.342 e. The van der Waals surface area contributed by atoms with Gasteiger partial charge in [0, 0.05) is 43.2 Å². The van der Waals surface area contributed by atoms with Crippen LogP contribution in [-0.2, 0) is 9.59 Å². The Labute approximate surface area is 183 Å². The van der Waals surface area contributed by atoms with E-state index in [0.29, 0.717) is 38.7 Å². The number of benzene rings is 2. The van der Waals surface area contributed by atoms with Crippen LogP contribution in [0.5, 0.6) is 0 Å². The number of halogens is 3. The van der Waals surface area contributed by atoms with Gasteiger partial charge in [0.25, 0.3) is 0 Å². The fourth-order valence-corrected chi connectivity index (χ4v) is 4.41. The number of carbonyl (C=O) groups excluding carboxylic acids is 3. The maximum Gasteiger partial charge on any atom is 0.247 e. The first-order chi connectivity index (χ1) is 15.3. The highest BCUT2D eigenvalue weighted by Gasteiger charge is 2.50. The summed E-state index contributed by atoms with van der Waals surface area (Å²) in [6.07, 6.45) is 0.541. The van der Waals surface area contributed by atoms with Crippen molar-refractivity contribution in [2.24, 2.45) is 0 Å². The van der Waals surface area contributed by atoms with E-state index in [4.69, 9.17) is 0 Å². The maximum absolute atomic E-state index is 13.3. The van der Waals surface area contributed by atoms with E-state index in [9.17, 15) is 27.6 Å². The summed E-state index contributed by atoms with van der Waals surface area (Å²) in [5.74, 6) is -2.95. The van der Waals surface area contributed by atoms with E-state index in [1.807, 2.05) is 4.90 Å². The molecule has 9 heteroatoms. The lowest BCUT2D eigenvalue weighted by molar-refractivity contribution is -0.135. The molecule has 2 fully saturated rings. The summed E-state index contributed by atoms with van der Waals surface area (Å²) in [5.41, 5.74) is -0.202. The molecule has 6 nitrogen and oxygen atoms in total. The molecule has 2 amide bonds. The Morgan fingerprint density at radius 1 is 0.906 bits per heavy atom. The highest BCUT2D eigenvalue weighted by Crippen LogP contribution is 2.36. The molecule has 2 saturated heterocycles. The highest BCUT2D eigenvalue weighted by atomic mass is 19.1. The van der Waals surface area contributed by atoms with Gasteiger partial charge in [-0.25, -0.2) is 13.2 Å². The second-order valence-corrected chi connectivity index (χ2v) is 8.06. The molecule has 0 atom stereocenters. The fraction of sp³-hybridized carbons (Fsp3) is 0.348. The Balaban J connectivity index is 1.37. The molecule has 0 saturated carbocycles. The zero-order valence-corrected chi connectivity index (χ0v) is 17.2. The first-order valence-corrected chi connectivity index (χ1v) is 10.4. The van der Waals surface area contributed by atoms with E-state index in [1.165, 1.54) is 12.1 Å². The second kappa shape index (κ2) is 8.64. The van der Waals surface area contributed by atoms with Gasteiger partial charge in [-0.1, -0.05) is 0 Å². The van der Waals surface area contributed by atoms with Crippen molar-refractivity contribution in [3.63, 3.8) is 0 Å². The average Bonchev–Trinajstić information content (AvgIpc) is 3.07. The van der Waals surface area contributed by atoms with Gasteiger partial charge in [0.1, 0.15) is 23.0 Å². The van der Waals surface area contributed by atoms with Gasteiger partial charge in [-0.3, -0.25) is 14.4 Å². The third kappa shape index (κ3) is 4.19. The average molecular weight is 445 g/mol. The summed E-state index contributed by atoms with van der Waals surface area (Å²) in [4.78, 5) is 41.0. The number of ketones is 1. The predicted octanol–water partition coefficient (Wildman–Crippen LogP) is 3.02. The Bertz CT molecular complexity index is 1030. The van der Waals surface area contributed by atoms with Crippen molar-refractivity contribution >= 4 is 23.3 Å². The number of nitrogens with zero attached hydrogens (tertiary/aromatic N) is 2. The van der Waals surface area contributed by atoms with Crippen LogP contribution in [0.2, 0.25) is 0 Å². The minimum absolute atomic E-state index is 0.0855. The van der Waals surface area contributed by atoms with Crippen LogP contribution in [0.15, 0.2) is 42.5 Å². The molecule has 0 bridgehead atoms. The standard InChI is InChI=1S/C23H22F3N3O3/c24-16-1-3-19(4-2-16)29-14-27-22(32)23(29)7-9-28(10-8-23)21(31)6-5-20(30)15-11-17(25)13-18(26)12-15/h1-4,11-13H,5-10,14H2,(H,27,32). The Kier molecular flexibility index (Phi) is 5.90. The molecule has 1 spiro atoms. The number of carbonyl (C=O) groups is 3. The van der Waals surface area contributed by atoms with Crippen LogP contribution in [0.1, 0.15) is 36.0 Å². The molecule has 0 unspecified atom stereocenters. The van der Waals surface area contributed by atoms with E-state index in [0.717, 1.165) is 17.8 Å². The van der Waals surface area contributed by atoms with Crippen LogP contribution in [0, 0.1) is 17.5 Å². The lowest BCUT2D eigenvalue weighted by atomic mass is 9.85. The maximum atomic E-state index is 13.3. The number of hydrogen-bond acceptors (Lipinski definition) is 4. The molecular formula is C23H22F3N3O3. The normalized spacial score (nSPS) is 17.5. The van der Waals surface area contributed by atoms with E-state index in [2.05, 4.69) is 5.32 Å². The molecule has 2 aromatic carbocycles. The first kappa shape index (κ1) is 21.9. The van der Waals surface area contributed by atoms with Crippen molar-refractivity contribution in [1.82, 2.24) is 10.2 Å². The highest BCUT2D eigenvalue weighted by molar-refractivity contribution is 5.98. The molecular weight excluding hydrogens is 423 g/mol. The topological polar surface area (TPSA) is 69.7 Å². The first-order valence-electron chi connectivity index (χ1n) is 10.4. The molecule has 2 aliphatic heterocycles. The van der Waals surface area contributed by atoms with E-state index >= 15 is 0 Å². The number of anilines is 1. The van der Waals surface area contributed by atoms with Crippen LogP contribution in [0.3, 0.4) is 0 Å². The quantitative estimate of drug-likeness (QED) is 0.719. The Morgan fingerprint density at radius 3 is 2.16 bits per heavy atom.